The summed E-state index contributed by atoms with van der Waals surface area (Å²) in [6, 6.07) is 12.7. The van der Waals surface area contributed by atoms with Crippen molar-refractivity contribution in [3.63, 3.8) is 0 Å². The van der Waals surface area contributed by atoms with E-state index >= 15 is 0 Å². The number of benzene rings is 2. The number of rotatable bonds is 5. The summed E-state index contributed by atoms with van der Waals surface area (Å²) in [5.74, 6) is -0.976. The molecule has 0 unspecified atom stereocenters. The van der Waals surface area contributed by atoms with Gasteiger partial charge in [0.15, 0.2) is 12.0 Å². The monoisotopic (exact) mass is 386 g/mol. The summed E-state index contributed by atoms with van der Waals surface area (Å²) < 4.78 is 10.1. The van der Waals surface area contributed by atoms with Crippen LogP contribution in [0, 0.1) is 0 Å². The third-order valence-electron chi connectivity index (χ3n) is 3.73. The van der Waals surface area contributed by atoms with Crippen molar-refractivity contribution in [1.29, 1.82) is 0 Å². The fourth-order valence-corrected chi connectivity index (χ4v) is 2.65. The fourth-order valence-electron chi connectivity index (χ4n) is 2.48. The highest BCUT2D eigenvalue weighted by atomic mass is 35.5. The van der Waals surface area contributed by atoms with Crippen LogP contribution in [0.25, 0.3) is 10.9 Å². The fraction of sp³-hybridized carbons (Fsp3) is 0.105. The molecule has 0 saturated carbocycles. The smallest absolute Gasteiger partial charge is 0.355 e. The van der Waals surface area contributed by atoms with Gasteiger partial charge in [-0.25, -0.2) is 4.79 Å². The van der Waals surface area contributed by atoms with Crippen LogP contribution in [0.15, 0.2) is 53.3 Å². The number of anilines is 1. The Morgan fingerprint density at radius 3 is 2.70 bits per heavy atom. The Bertz CT molecular complexity index is 1080. The minimum atomic E-state index is -0.814. The number of carbonyl (C=O) groups is 2. The molecule has 1 amide bonds. The number of halogens is 1. The summed E-state index contributed by atoms with van der Waals surface area (Å²) in [6.07, 6.45) is 0. The number of aromatic nitrogens is 1. The maximum atomic E-state index is 12.2. The number of carbonyl (C=O) groups excluding carboxylic acids is 2. The molecule has 0 spiro atoms. The maximum Gasteiger partial charge on any atom is 0.355 e. The average Bonchev–Trinajstić information content (AvgIpc) is 2.66. The van der Waals surface area contributed by atoms with Gasteiger partial charge < -0.3 is 19.8 Å². The number of nitrogens with one attached hydrogen (secondary N) is 2. The molecule has 138 valence electrons. The first-order valence-corrected chi connectivity index (χ1v) is 8.28. The van der Waals surface area contributed by atoms with E-state index in [4.69, 9.17) is 21.1 Å². The molecule has 0 saturated heterocycles. The Hall–Kier alpha value is -3.32. The average molecular weight is 387 g/mol. The van der Waals surface area contributed by atoms with Crippen LogP contribution in [0.3, 0.4) is 0 Å². The molecule has 3 aromatic rings. The van der Waals surface area contributed by atoms with Crippen molar-refractivity contribution < 1.29 is 19.1 Å². The molecule has 0 aliphatic heterocycles. The van der Waals surface area contributed by atoms with Gasteiger partial charge in [0.05, 0.1) is 12.8 Å². The second kappa shape index (κ2) is 7.92. The quantitative estimate of drug-likeness (QED) is 0.657. The van der Waals surface area contributed by atoms with Crippen LogP contribution in [0.2, 0.25) is 5.02 Å². The zero-order valence-electron chi connectivity index (χ0n) is 14.2. The molecule has 0 atom stereocenters. The maximum absolute atomic E-state index is 12.2. The number of pyridine rings is 1. The first kappa shape index (κ1) is 18.5. The zero-order valence-corrected chi connectivity index (χ0v) is 15.0. The van der Waals surface area contributed by atoms with E-state index < -0.39 is 18.5 Å². The first-order chi connectivity index (χ1) is 13.0. The van der Waals surface area contributed by atoms with Crippen LogP contribution in [-0.2, 0) is 9.53 Å². The van der Waals surface area contributed by atoms with Crippen molar-refractivity contribution in [2.75, 3.05) is 19.0 Å². The van der Waals surface area contributed by atoms with Crippen molar-refractivity contribution in [2.45, 2.75) is 0 Å². The van der Waals surface area contributed by atoms with E-state index in [1.54, 1.807) is 36.4 Å². The predicted molar refractivity (Wildman–Crippen MR) is 101 cm³/mol. The molecule has 0 bridgehead atoms. The molecule has 0 aliphatic rings. The number of H-pyrrole nitrogens is 1. The highest BCUT2D eigenvalue weighted by Gasteiger charge is 2.14. The van der Waals surface area contributed by atoms with Gasteiger partial charge in [0.2, 0.25) is 0 Å². The number of para-hydroxylation sites is 1. The van der Waals surface area contributed by atoms with E-state index in [2.05, 4.69) is 10.3 Å². The van der Waals surface area contributed by atoms with Crippen molar-refractivity contribution in [1.82, 2.24) is 4.98 Å². The molecule has 7 nitrogen and oxygen atoms in total. The topological polar surface area (TPSA) is 97.5 Å². The van der Waals surface area contributed by atoms with Gasteiger partial charge in [-0.1, -0.05) is 23.7 Å². The number of amides is 1. The van der Waals surface area contributed by atoms with E-state index in [0.29, 0.717) is 27.4 Å². The van der Waals surface area contributed by atoms with Gasteiger partial charge in [0.25, 0.3) is 5.91 Å². The highest BCUT2D eigenvalue weighted by molar-refractivity contribution is 6.31. The summed E-state index contributed by atoms with van der Waals surface area (Å²) in [6.45, 7) is -0.538. The molecule has 0 fully saturated rings. The SMILES string of the molecule is COc1ccc(Cl)cc1NC(=O)COC(=O)c1cc(=O)c2ccccc2[nH]1. The van der Waals surface area contributed by atoms with Crippen molar-refractivity contribution in [3.05, 3.63) is 69.5 Å². The number of aromatic amines is 1. The number of esters is 1. The molecule has 2 N–H and O–H groups in total. The molecule has 1 heterocycles. The Morgan fingerprint density at radius 2 is 1.93 bits per heavy atom. The lowest BCUT2D eigenvalue weighted by molar-refractivity contribution is -0.119. The first-order valence-electron chi connectivity index (χ1n) is 7.90. The lowest BCUT2D eigenvalue weighted by atomic mass is 10.2. The molecule has 0 aliphatic carbocycles. The Kier molecular flexibility index (Phi) is 5.42. The summed E-state index contributed by atoms with van der Waals surface area (Å²) >= 11 is 5.90. The van der Waals surface area contributed by atoms with E-state index in [9.17, 15) is 14.4 Å². The number of ether oxygens (including phenoxy) is 2. The number of hydrogen-bond donors (Lipinski definition) is 2. The van der Waals surface area contributed by atoms with Crippen LogP contribution >= 0.6 is 11.6 Å². The van der Waals surface area contributed by atoms with Gasteiger partial charge in [0, 0.05) is 22.0 Å². The van der Waals surface area contributed by atoms with Crippen LogP contribution in [0.1, 0.15) is 10.5 Å². The molecule has 8 heteroatoms. The van der Waals surface area contributed by atoms with Gasteiger partial charge in [0.1, 0.15) is 11.4 Å². The van der Waals surface area contributed by atoms with Crippen LogP contribution in [0.5, 0.6) is 5.75 Å². The second-order valence-corrected chi connectivity index (χ2v) is 6.00. The van der Waals surface area contributed by atoms with Crippen LogP contribution in [0.4, 0.5) is 5.69 Å². The number of methoxy groups -OCH3 is 1. The van der Waals surface area contributed by atoms with Gasteiger partial charge in [-0.15, -0.1) is 0 Å². The Labute approximate surface area is 158 Å². The second-order valence-electron chi connectivity index (χ2n) is 5.56. The molecular weight excluding hydrogens is 372 g/mol. The normalized spacial score (nSPS) is 10.4. The van der Waals surface area contributed by atoms with Gasteiger partial charge in [-0.2, -0.15) is 0 Å². The largest absolute Gasteiger partial charge is 0.495 e. The molecular formula is C19H15ClN2O5. The van der Waals surface area contributed by atoms with Crippen molar-refractivity contribution in [2.24, 2.45) is 0 Å². The van der Waals surface area contributed by atoms with Gasteiger partial charge in [-0.05, 0) is 30.3 Å². The lowest BCUT2D eigenvalue weighted by Crippen LogP contribution is -2.22. The summed E-state index contributed by atoms with van der Waals surface area (Å²) in [4.78, 5) is 39.1. The lowest BCUT2D eigenvalue weighted by Gasteiger charge is -2.11. The Balaban J connectivity index is 1.68. The van der Waals surface area contributed by atoms with Crippen LogP contribution < -0.4 is 15.5 Å². The minimum Gasteiger partial charge on any atom is -0.495 e. The number of fused-ring (bicyclic) bond motifs is 1. The van der Waals surface area contributed by atoms with E-state index in [1.807, 2.05) is 0 Å². The van der Waals surface area contributed by atoms with Crippen molar-refractivity contribution in [3.8, 4) is 5.75 Å². The standard InChI is InChI=1S/C19H15ClN2O5/c1-26-17-7-6-11(20)8-14(17)22-18(24)10-27-19(25)15-9-16(23)12-4-2-3-5-13(12)21-15/h2-9H,10H2,1H3,(H,21,23)(H,22,24). The van der Waals surface area contributed by atoms with Gasteiger partial charge in [-0.3, -0.25) is 9.59 Å². The predicted octanol–water partition coefficient (Wildman–Crippen LogP) is 2.99. The summed E-state index contributed by atoms with van der Waals surface area (Å²) in [7, 11) is 1.45. The van der Waals surface area contributed by atoms with E-state index in [0.717, 1.165) is 6.07 Å². The highest BCUT2D eigenvalue weighted by Crippen LogP contribution is 2.27. The van der Waals surface area contributed by atoms with E-state index in [-0.39, 0.29) is 11.1 Å². The van der Waals surface area contributed by atoms with Gasteiger partial charge >= 0.3 is 5.97 Å². The molecule has 1 aromatic heterocycles. The molecule has 3 rings (SSSR count). The summed E-state index contributed by atoms with van der Waals surface area (Å²) in [5.41, 5.74) is 0.506. The minimum absolute atomic E-state index is 0.0353. The van der Waals surface area contributed by atoms with Crippen LogP contribution in [-0.4, -0.2) is 30.6 Å². The third-order valence-corrected chi connectivity index (χ3v) is 3.96. The molecule has 2 aromatic carbocycles. The van der Waals surface area contributed by atoms with E-state index in [1.165, 1.54) is 13.2 Å². The zero-order chi connectivity index (χ0) is 19.4. The molecule has 27 heavy (non-hydrogen) atoms. The molecule has 0 radical (unpaired) electrons. The Morgan fingerprint density at radius 1 is 1.15 bits per heavy atom. The number of hydrogen-bond acceptors (Lipinski definition) is 5. The third kappa shape index (κ3) is 4.27. The summed E-state index contributed by atoms with van der Waals surface area (Å²) in [5, 5.41) is 3.42. The van der Waals surface area contributed by atoms with Crippen molar-refractivity contribution >= 4 is 40.1 Å².